The molecule has 0 saturated carbocycles. The largest absolute Gasteiger partial charge is 0.455 e. The second kappa shape index (κ2) is 21.6. The van der Waals surface area contributed by atoms with Gasteiger partial charge in [-0.05, 0) is 136 Å². The van der Waals surface area contributed by atoms with E-state index < -0.39 is 0 Å². The molecule has 18 aromatic carbocycles. The van der Waals surface area contributed by atoms with Crippen LogP contribution >= 0.6 is 11.3 Å². The maximum absolute atomic E-state index is 7.20. The predicted molar refractivity (Wildman–Crippen MR) is 457 cm³/mol. The Bertz CT molecular complexity index is 8670. The van der Waals surface area contributed by atoms with Gasteiger partial charge in [0.1, 0.15) is 32.7 Å². The maximum atomic E-state index is 7.20. The van der Waals surface area contributed by atoms with E-state index in [1.54, 1.807) is 11.3 Å². The van der Waals surface area contributed by atoms with E-state index in [1.807, 2.05) is 24.3 Å². The summed E-state index contributed by atoms with van der Waals surface area (Å²) < 4.78 is 26.8. The van der Waals surface area contributed by atoms with Crippen LogP contribution < -0.4 is 0 Å². The Labute approximate surface area is 626 Å². The van der Waals surface area contributed by atoms with E-state index in [4.69, 9.17) is 33.2 Å². The summed E-state index contributed by atoms with van der Waals surface area (Å²) in [4.78, 5) is 24.0. The lowest BCUT2D eigenvalue weighted by Gasteiger charge is -2.14. The average Bonchev–Trinajstić information content (AvgIpc) is 1.45. The van der Waals surface area contributed by atoms with E-state index in [-0.39, 0.29) is 0 Å². The summed E-state index contributed by atoms with van der Waals surface area (Å²) in [5.74, 6) is 1.08. The molecule has 0 fully saturated rings. The van der Waals surface area contributed by atoms with Gasteiger partial charge in [0.05, 0.1) is 38.8 Å². The third kappa shape index (κ3) is 7.82. The van der Waals surface area contributed by atoms with Crippen molar-refractivity contribution in [3.05, 3.63) is 315 Å². The van der Waals surface area contributed by atoms with Crippen LogP contribution in [0.15, 0.2) is 329 Å². The Balaban J connectivity index is 0.716. The lowest BCUT2D eigenvalue weighted by molar-refractivity contribution is 0.651. The van der Waals surface area contributed by atoms with Crippen LogP contribution in [-0.2, 0) is 0 Å². The SMILES string of the molecule is c1ccc2c(c1)ccc1c3c4c5ccccc5c5ccccc5c4ccc3n(-c3nc(-c4cccc5c4oc4ccccc45)c4c(n3)oc3ccc(-c5ccc6c(c5)c5ccccc5c5ccc7c(c8ccc9ccccc9c8n7-c7nc(-c8cccc9c8oc8ccccc89)c8c(n7)sc7ccccc78)c56)cc34)c21. The summed E-state index contributed by atoms with van der Waals surface area (Å²) in [6.07, 6.45) is 0. The van der Waals surface area contributed by atoms with Crippen LogP contribution in [-0.4, -0.2) is 29.1 Å². The molecular weight excluding hydrogens is 1370 g/mol. The molecule has 9 nitrogen and oxygen atoms in total. The van der Waals surface area contributed by atoms with Gasteiger partial charge in [-0.1, -0.05) is 255 Å². The molecule has 0 bridgehead atoms. The minimum Gasteiger partial charge on any atom is -0.455 e. The molecule has 0 aliphatic heterocycles. The molecule has 26 aromatic rings. The molecular formula is C100H52N6O3S. The molecule has 0 unspecified atom stereocenters. The molecule has 0 saturated heterocycles. The molecule has 8 heterocycles. The maximum Gasteiger partial charge on any atom is 0.238 e. The molecule has 506 valence electrons. The Kier molecular flexibility index (Phi) is 11.5. The fraction of sp³-hybridized carbons (Fsp3) is 0. The van der Waals surface area contributed by atoms with Gasteiger partial charge in [-0.2, -0.15) is 4.98 Å². The van der Waals surface area contributed by atoms with E-state index in [1.165, 1.54) is 43.1 Å². The zero-order chi connectivity index (χ0) is 71.3. The quantitative estimate of drug-likeness (QED) is 0.158. The predicted octanol–water partition coefficient (Wildman–Crippen LogP) is 27.8. The summed E-state index contributed by atoms with van der Waals surface area (Å²) in [6, 6.07) is 114. The number of aromatic nitrogens is 6. The first kappa shape index (κ1) is 58.7. The van der Waals surface area contributed by atoms with Crippen LogP contribution in [0.3, 0.4) is 0 Å². The third-order valence-corrected chi connectivity index (χ3v) is 24.8. The van der Waals surface area contributed by atoms with Gasteiger partial charge in [0.15, 0.2) is 0 Å². The topological polar surface area (TPSA) is 101 Å². The van der Waals surface area contributed by atoms with Crippen LogP contribution in [0.1, 0.15) is 0 Å². The van der Waals surface area contributed by atoms with Crippen LogP contribution in [0.2, 0.25) is 0 Å². The highest BCUT2D eigenvalue weighted by atomic mass is 32.1. The first-order chi connectivity index (χ1) is 54.6. The van der Waals surface area contributed by atoms with Crippen LogP contribution in [0, 0.1) is 0 Å². The zero-order valence-electron chi connectivity index (χ0n) is 58.3. The zero-order valence-corrected chi connectivity index (χ0v) is 59.2. The highest BCUT2D eigenvalue weighted by Gasteiger charge is 2.30. The monoisotopic (exact) mass is 1420 g/mol. The average molecular weight is 1420 g/mol. The molecule has 0 amide bonds. The molecule has 8 aromatic heterocycles. The molecule has 0 atom stereocenters. The summed E-state index contributed by atoms with van der Waals surface area (Å²) in [6.45, 7) is 0. The number of thiophene rings is 1. The number of hydrogen-bond acceptors (Lipinski definition) is 8. The van der Waals surface area contributed by atoms with E-state index >= 15 is 0 Å². The number of para-hydroxylation sites is 4. The van der Waals surface area contributed by atoms with Gasteiger partial charge in [0.25, 0.3) is 0 Å². The van der Waals surface area contributed by atoms with E-state index in [0.717, 1.165) is 190 Å². The number of furan rings is 3. The minimum atomic E-state index is 0.471. The molecule has 110 heavy (non-hydrogen) atoms. The summed E-state index contributed by atoms with van der Waals surface area (Å²) >= 11 is 1.70. The lowest BCUT2D eigenvalue weighted by Crippen LogP contribution is -2.03. The van der Waals surface area contributed by atoms with Gasteiger partial charge in [-0.15, -0.1) is 11.3 Å². The second-order valence-corrected chi connectivity index (χ2v) is 30.3. The molecule has 26 rings (SSSR count). The van der Waals surface area contributed by atoms with Gasteiger partial charge in [0, 0.05) is 96.6 Å². The first-order valence-corrected chi connectivity index (χ1v) is 38.1. The molecule has 0 aliphatic carbocycles. The van der Waals surface area contributed by atoms with Gasteiger partial charge in [0.2, 0.25) is 17.6 Å². The summed E-state index contributed by atoms with van der Waals surface area (Å²) in [5, 5.41) is 31.1. The number of hydrogen-bond donors (Lipinski definition) is 0. The third-order valence-electron chi connectivity index (χ3n) is 23.7. The fourth-order valence-electron chi connectivity index (χ4n) is 19.1. The normalized spacial score (nSPS) is 12.5. The van der Waals surface area contributed by atoms with E-state index in [9.17, 15) is 0 Å². The summed E-state index contributed by atoms with van der Waals surface area (Å²) in [7, 11) is 0. The van der Waals surface area contributed by atoms with Crippen molar-refractivity contribution in [1.82, 2.24) is 29.1 Å². The molecule has 10 heteroatoms. The van der Waals surface area contributed by atoms with Crippen molar-refractivity contribution < 1.29 is 13.3 Å². The number of rotatable bonds is 5. The van der Waals surface area contributed by atoms with Crippen molar-refractivity contribution in [2.75, 3.05) is 0 Å². The Morgan fingerprint density at radius 3 is 1.24 bits per heavy atom. The molecule has 0 N–H and O–H groups in total. The number of fused-ring (bicyclic) bond motifs is 36. The van der Waals surface area contributed by atoms with Crippen molar-refractivity contribution in [2.24, 2.45) is 0 Å². The van der Waals surface area contributed by atoms with E-state index in [0.29, 0.717) is 28.9 Å². The van der Waals surface area contributed by atoms with Crippen LogP contribution in [0.4, 0.5) is 0 Å². The molecule has 0 aliphatic rings. The minimum absolute atomic E-state index is 0.471. The van der Waals surface area contributed by atoms with Crippen molar-refractivity contribution in [1.29, 1.82) is 0 Å². The smallest absolute Gasteiger partial charge is 0.238 e. The van der Waals surface area contributed by atoms with Crippen molar-refractivity contribution in [3.63, 3.8) is 0 Å². The van der Waals surface area contributed by atoms with Gasteiger partial charge in [-0.3, -0.25) is 9.13 Å². The highest BCUT2D eigenvalue weighted by Crippen LogP contribution is 2.51. The molecule has 0 radical (unpaired) electrons. The van der Waals surface area contributed by atoms with Crippen LogP contribution in [0.25, 0.3) is 262 Å². The number of nitrogens with zero attached hydrogens (tertiary/aromatic N) is 6. The fourth-order valence-corrected chi connectivity index (χ4v) is 20.2. The molecule has 0 spiro atoms. The highest BCUT2D eigenvalue weighted by molar-refractivity contribution is 7.25. The van der Waals surface area contributed by atoms with Gasteiger partial charge >= 0.3 is 0 Å². The number of benzene rings is 18. The second-order valence-electron chi connectivity index (χ2n) is 29.3. The van der Waals surface area contributed by atoms with E-state index in [2.05, 4.69) is 300 Å². The van der Waals surface area contributed by atoms with Crippen molar-refractivity contribution in [3.8, 4) is 45.5 Å². The van der Waals surface area contributed by atoms with Gasteiger partial charge < -0.3 is 13.3 Å². The Morgan fingerprint density at radius 2 is 0.655 bits per heavy atom. The van der Waals surface area contributed by atoms with Gasteiger partial charge in [-0.25, -0.2) is 15.0 Å². The van der Waals surface area contributed by atoms with Crippen molar-refractivity contribution >= 4 is 227 Å². The Morgan fingerprint density at radius 1 is 0.245 bits per heavy atom. The lowest BCUT2D eigenvalue weighted by atomic mass is 9.89. The van der Waals surface area contributed by atoms with Crippen LogP contribution in [0.5, 0.6) is 0 Å². The summed E-state index contributed by atoms with van der Waals surface area (Å²) in [5.41, 5.74) is 13.8. The Hall–Kier alpha value is -14.6. The standard InChI is InChI=1S/C100H52N6O3S/c1-3-21-57-53(19-1)39-44-73-87-79(48-46-67-61-25-6-5-23-59(61)60-24-9-10-30-66(60)85(67)87)105(93(57)73)99-101-91(75-34-17-32-70-64-28-11-14-36-81(64)107-95(70)75)89-78-52-56(42-50-83(78)109-97(89)103-99)55-41-43-69-77(51-55)63-27-8-7-26-62(63)68-47-49-80-88(86(68)69)74-45-40-54-20-2-4-22-58(54)94(74)106(80)100-102-92(90-72-31-13-16-38-84(72)110-98(90)104-100)76-35-18-33-71-65-29-12-15-37-82(65)108-96(71)76/h1-52H. The van der Waals surface area contributed by atoms with Crippen molar-refractivity contribution in [2.45, 2.75) is 0 Å². The first-order valence-electron chi connectivity index (χ1n) is 37.2.